The molecule has 1 aromatic heterocycles. The summed E-state index contributed by atoms with van der Waals surface area (Å²) in [4.78, 5) is 13.0. The van der Waals surface area contributed by atoms with Gasteiger partial charge in [-0.15, -0.1) is 6.58 Å². The summed E-state index contributed by atoms with van der Waals surface area (Å²) < 4.78 is 16.7. The van der Waals surface area contributed by atoms with Crippen molar-refractivity contribution in [2.75, 3.05) is 14.2 Å². The molecule has 0 bridgehead atoms. The summed E-state index contributed by atoms with van der Waals surface area (Å²) in [5.74, 6) is 2.01. The van der Waals surface area contributed by atoms with Crippen molar-refractivity contribution < 1.29 is 18.7 Å². The Hall–Kier alpha value is -3.47. The molecule has 5 nitrogen and oxygen atoms in total. The molecule has 0 saturated heterocycles. The van der Waals surface area contributed by atoms with E-state index in [0.29, 0.717) is 24.3 Å². The van der Waals surface area contributed by atoms with Gasteiger partial charge in [-0.3, -0.25) is 4.79 Å². The van der Waals surface area contributed by atoms with Crippen LogP contribution in [0.4, 0.5) is 0 Å². The topological polar surface area (TPSA) is 60.7 Å². The van der Waals surface area contributed by atoms with Crippen molar-refractivity contribution in [1.82, 2.24) is 5.32 Å². The first-order valence-corrected chi connectivity index (χ1v) is 11.5. The fourth-order valence-corrected chi connectivity index (χ4v) is 3.86. The number of ether oxygens (including phenoxy) is 2. The van der Waals surface area contributed by atoms with E-state index in [1.165, 1.54) is 16.7 Å². The Morgan fingerprint density at radius 2 is 1.79 bits per heavy atom. The van der Waals surface area contributed by atoms with Crippen molar-refractivity contribution in [3.05, 3.63) is 95.0 Å². The average Bonchev–Trinajstić information content (AvgIpc) is 3.27. The second-order valence-electron chi connectivity index (χ2n) is 9.50. The van der Waals surface area contributed by atoms with Crippen LogP contribution >= 0.6 is 0 Å². The lowest BCUT2D eigenvalue weighted by Crippen LogP contribution is -2.28. The standard InChI is InChI=1S/C29H35NO4/c1-8-9-24(20-11-14-25(32-6)27(18-20)33-7)30-28(31)26-15-13-23(34-26)17-21-16-22(29(3,4)5)12-10-19(21)2/h8,10-16,18,24H,1,9,17H2,2-7H3,(H,30,31). The first-order chi connectivity index (χ1) is 16.2. The van der Waals surface area contributed by atoms with Crippen LogP contribution in [0.2, 0.25) is 0 Å². The zero-order valence-corrected chi connectivity index (χ0v) is 21.0. The summed E-state index contributed by atoms with van der Waals surface area (Å²) in [7, 11) is 3.18. The van der Waals surface area contributed by atoms with Crippen molar-refractivity contribution in [1.29, 1.82) is 0 Å². The van der Waals surface area contributed by atoms with Crippen molar-refractivity contribution in [3.63, 3.8) is 0 Å². The molecule has 0 aliphatic rings. The zero-order chi connectivity index (χ0) is 24.9. The number of aryl methyl sites for hydroxylation is 1. The van der Waals surface area contributed by atoms with Crippen LogP contribution in [0.5, 0.6) is 11.5 Å². The Balaban J connectivity index is 1.77. The van der Waals surface area contributed by atoms with Gasteiger partial charge in [-0.05, 0) is 65.3 Å². The van der Waals surface area contributed by atoms with Gasteiger partial charge in [0, 0.05) is 6.42 Å². The minimum absolute atomic E-state index is 0.0704. The monoisotopic (exact) mass is 461 g/mol. The molecule has 0 aliphatic carbocycles. The number of benzene rings is 2. The molecule has 3 rings (SSSR count). The molecule has 180 valence electrons. The predicted octanol–water partition coefficient (Wildman–Crippen LogP) is 6.54. The Morgan fingerprint density at radius 3 is 2.44 bits per heavy atom. The molecule has 0 saturated carbocycles. The molecular weight excluding hydrogens is 426 g/mol. The van der Waals surface area contributed by atoms with Crippen LogP contribution in [0.1, 0.15) is 71.8 Å². The van der Waals surface area contributed by atoms with Gasteiger partial charge in [0.2, 0.25) is 0 Å². The third kappa shape index (κ3) is 5.90. The maximum Gasteiger partial charge on any atom is 0.287 e. The summed E-state index contributed by atoms with van der Waals surface area (Å²) in [6.07, 6.45) is 2.97. The molecular formula is C29H35NO4. The third-order valence-corrected chi connectivity index (χ3v) is 5.98. The fraction of sp³-hybridized carbons (Fsp3) is 0.345. The highest BCUT2D eigenvalue weighted by atomic mass is 16.5. The number of rotatable bonds is 9. The van der Waals surface area contributed by atoms with E-state index in [2.05, 4.69) is 57.8 Å². The third-order valence-electron chi connectivity index (χ3n) is 5.98. The number of amides is 1. The highest BCUT2D eigenvalue weighted by molar-refractivity contribution is 5.91. The maximum absolute atomic E-state index is 13.0. The van der Waals surface area contributed by atoms with Crippen LogP contribution in [0.3, 0.4) is 0 Å². The van der Waals surface area contributed by atoms with E-state index in [0.717, 1.165) is 11.3 Å². The van der Waals surface area contributed by atoms with E-state index in [1.807, 2.05) is 24.3 Å². The molecule has 1 unspecified atom stereocenters. The molecule has 2 aromatic carbocycles. The molecule has 0 aliphatic heterocycles. The van der Waals surface area contributed by atoms with Crippen LogP contribution in [-0.2, 0) is 11.8 Å². The summed E-state index contributed by atoms with van der Waals surface area (Å²) in [5, 5.41) is 3.06. The molecule has 0 radical (unpaired) electrons. The smallest absolute Gasteiger partial charge is 0.287 e. The lowest BCUT2D eigenvalue weighted by molar-refractivity contribution is 0.0907. The highest BCUT2D eigenvalue weighted by Crippen LogP contribution is 2.31. The van der Waals surface area contributed by atoms with E-state index in [4.69, 9.17) is 13.9 Å². The highest BCUT2D eigenvalue weighted by Gasteiger charge is 2.20. The van der Waals surface area contributed by atoms with E-state index in [-0.39, 0.29) is 23.1 Å². The SMILES string of the molecule is C=CCC(NC(=O)c1ccc(Cc2cc(C(C)(C)C)ccc2C)o1)c1ccc(OC)c(OC)c1. The molecule has 34 heavy (non-hydrogen) atoms. The van der Waals surface area contributed by atoms with Gasteiger partial charge in [0.1, 0.15) is 5.76 Å². The molecule has 1 atom stereocenters. The maximum atomic E-state index is 13.0. The van der Waals surface area contributed by atoms with E-state index >= 15 is 0 Å². The van der Waals surface area contributed by atoms with Gasteiger partial charge in [-0.25, -0.2) is 0 Å². The van der Waals surface area contributed by atoms with Gasteiger partial charge in [0.25, 0.3) is 5.91 Å². The first-order valence-electron chi connectivity index (χ1n) is 11.5. The number of methoxy groups -OCH3 is 2. The Bertz CT molecular complexity index is 1150. The normalized spacial score (nSPS) is 12.2. The van der Waals surface area contributed by atoms with Gasteiger partial charge in [-0.1, -0.05) is 51.1 Å². The van der Waals surface area contributed by atoms with Gasteiger partial charge in [-0.2, -0.15) is 0 Å². The number of carbonyl (C=O) groups excluding carboxylic acids is 1. The lowest BCUT2D eigenvalue weighted by Gasteiger charge is -2.20. The Labute approximate surface area is 202 Å². The van der Waals surface area contributed by atoms with Crippen molar-refractivity contribution in [3.8, 4) is 11.5 Å². The molecule has 0 spiro atoms. The van der Waals surface area contributed by atoms with Gasteiger partial charge in [0.05, 0.1) is 20.3 Å². The van der Waals surface area contributed by atoms with Crippen LogP contribution in [-0.4, -0.2) is 20.1 Å². The molecule has 3 aromatic rings. The number of carbonyl (C=O) groups is 1. The average molecular weight is 462 g/mol. The lowest BCUT2D eigenvalue weighted by atomic mass is 9.85. The number of hydrogen-bond acceptors (Lipinski definition) is 4. The van der Waals surface area contributed by atoms with E-state index in [9.17, 15) is 4.79 Å². The van der Waals surface area contributed by atoms with E-state index < -0.39 is 0 Å². The van der Waals surface area contributed by atoms with Gasteiger partial charge >= 0.3 is 0 Å². The van der Waals surface area contributed by atoms with Crippen LogP contribution in [0.15, 0.2) is 65.6 Å². The van der Waals surface area contributed by atoms with Gasteiger partial charge in [0.15, 0.2) is 17.3 Å². The minimum Gasteiger partial charge on any atom is -0.493 e. The minimum atomic E-state index is -0.274. The first kappa shape index (κ1) is 25.2. The Kier molecular flexibility index (Phi) is 7.87. The van der Waals surface area contributed by atoms with E-state index in [1.54, 1.807) is 26.4 Å². The number of nitrogens with one attached hydrogen (secondary N) is 1. The zero-order valence-electron chi connectivity index (χ0n) is 21.0. The molecule has 1 amide bonds. The Morgan fingerprint density at radius 1 is 1.06 bits per heavy atom. The van der Waals surface area contributed by atoms with Crippen LogP contribution < -0.4 is 14.8 Å². The molecule has 1 heterocycles. The predicted molar refractivity (Wildman–Crippen MR) is 136 cm³/mol. The van der Waals surface area contributed by atoms with Crippen LogP contribution in [0.25, 0.3) is 0 Å². The van der Waals surface area contributed by atoms with Crippen molar-refractivity contribution >= 4 is 5.91 Å². The molecule has 0 fully saturated rings. The van der Waals surface area contributed by atoms with Crippen LogP contribution in [0, 0.1) is 6.92 Å². The number of furan rings is 1. The largest absolute Gasteiger partial charge is 0.493 e. The summed E-state index contributed by atoms with van der Waals surface area (Å²) in [6, 6.07) is 15.5. The summed E-state index contributed by atoms with van der Waals surface area (Å²) >= 11 is 0. The summed E-state index contributed by atoms with van der Waals surface area (Å²) in [6.45, 7) is 12.5. The van der Waals surface area contributed by atoms with Gasteiger partial charge < -0.3 is 19.2 Å². The molecule has 5 heteroatoms. The van der Waals surface area contributed by atoms with Crippen molar-refractivity contribution in [2.24, 2.45) is 0 Å². The summed E-state index contributed by atoms with van der Waals surface area (Å²) in [5.41, 5.74) is 4.65. The number of hydrogen-bond donors (Lipinski definition) is 1. The second-order valence-corrected chi connectivity index (χ2v) is 9.50. The fourth-order valence-electron chi connectivity index (χ4n) is 3.86. The second kappa shape index (κ2) is 10.6. The molecule has 1 N–H and O–H groups in total. The quantitative estimate of drug-likeness (QED) is 0.368. The van der Waals surface area contributed by atoms with Crippen molar-refractivity contribution in [2.45, 2.75) is 52.0 Å².